The lowest BCUT2D eigenvalue weighted by Crippen LogP contribution is -2.64. The molecule has 2 unspecified atom stereocenters. The molecule has 2 aromatic carbocycles. The van der Waals surface area contributed by atoms with E-state index in [1.54, 1.807) is 30.3 Å². The standard InChI is InChI=1S/C31H41N7O6/c1-19(2)15-24(27(40)34-22(18-39)16-20-9-5-3-6-10-20)35-28(41)26(23-13-14-33-30(32)36-23)38-31(44)37-25(29(42)43)17-21-11-7-4-8-12-21/h3-12,18-19,22-26H,13-17H2,1-2H3,(H,34,40)(H,35,41)(H,42,43)(H3,32,33,36)(H2,37,38,44)/t22?,23?,24-,25+,26-/m0/s1. The minimum absolute atomic E-state index is 0.00513. The topological polar surface area (TPSA) is 204 Å². The number of aldehydes is 1. The number of carbonyl (C=O) groups is 5. The average molecular weight is 608 g/mol. The predicted molar refractivity (Wildman–Crippen MR) is 165 cm³/mol. The molecular formula is C31H41N7O6. The van der Waals surface area contributed by atoms with Gasteiger partial charge in [-0.25, -0.2) is 9.59 Å². The molecule has 3 rings (SSSR count). The largest absolute Gasteiger partial charge is 0.480 e. The van der Waals surface area contributed by atoms with Crippen LogP contribution in [0.4, 0.5) is 4.79 Å². The minimum Gasteiger partial charge on any atom is -0.480 e. The number of rotatable bonds is 15. The molecule has 2 aromatic rings. The van der Waals surface area contributed by atoms with Crippen molar-refractivity contribution in [3.05, 3.63) is 71.8 Å². The zero-order valence-corrected chi connectivity index (χ0v) is 24.9. The Morgan fingerprint density at radius 3 is 2.07 bits per heavy atom. The fourth-order valence-electron chi connectivity index (χ4n) is 4.87. The third-order valence-corrected chi connectivity index (χ3v) is 7.04. The number of guanidine groups is 1. The summed E-state index contributed by atoms with van der Waals surface area (Å²) in [5.41, 5.74) is 7.42. The third-order valence-electron chi connectivity index (χ3n) is 7.04. The fourth-order valence-corrected chi connectivity index (χ4v) is 4.87. The summed E-state index contributed by atoms with van der Waals surface area (Å²) in [6, 6.07) is 12.1. The summed E-state index contributed by atoms with van der Waals surface area (Å²) in [5, 5.41) is 23.1. The second-order valence-corrected chi connectivity index (χ2v) is 11.1. The van der Waals surface area contributed by atoms with Crippen molar-refractivity contribution in [2.75, 3.05) is 6.54 Å². The highest BCUT2D eigenvalue weighted by Gasteiger charge is 2.35. The number of nitrogens with zero attached hydrogens (tertiary/aromatic N) is 1. The first-order chi connectivity index (χ1) is 21.0. The number of amides is 4. The lowest BCUT2D eigenvalue weighted by atomic mass is 9.99. The summed E-state index contributed by atoms with van der Waals surface area (Å²) < 4.78 is 0. The summed E-state index contributed by atoms with van der Waals surface area (Å²) in [4.78, 5) is 67.9. The van der Waals surface area contributed by atoms with Gasteiger partial charge >= 0.3 is 12.0 Å². The number of urea groups is 1. The number of nitrogens with one attached hydrogen (secondary N) is 5. The van der Waals surface area contributed by atoms with Crippen LogP contribution in [0.1, 0.15) is 37.8 Å². The number of carboxylic acids is 1. The first kappa shape index (κ1) is 33.6. The zero-order valence-electron chi connectivity index (χ0n) is 24.9. The summed E-state index contributed by atoms with van der Waals surface area (Å²) in [6.07, 6.45) is 1.54. The van der Waals surface area contributed by atoms with E-state index in [1.165, 1.54) is 0 Å². The van der Waals surface area contributed by atoms with Gasteiger partial charge < -0.3 is 42.2 Å². The van der Waals surface area contributed by atoms with E-state index >= 15 is 0 Å². The Hall–Kier alpha value is -4.94. The van der Waals surface area contributed by atoms with Gasteiger partial charge in [-0.2, -0.15) is 0 Å². The molecule has 1 aliphatic heterocycles. The molecule has 0 aliphatic carbocycles. The van der Waals surface area contributed by atoms with Crippen molar-refractivity contribution in [3.63, 3.8) is 0 Å². The molecule has 4 amide bonds. The lowest BCUT2D eigenvalue weighted by molar-refractivity contribution is -0.139. The second kappa shape index (κ2) is 16.6. The molecule has 0 radical (unpaired) electrons. The van der Waals surface area contributed by atoms with Crippen molar-refractivity contribution >= 4 is 36.1 Å². The SMILES string of the molecule is CC(C)C[C@H](NC(=O)[C@@H](NC(=O)N[C@H](Cc1ccccc1)C(=O)O)C1CCN=C(N)N1)C(=O)NC(C=O)Cc1ccccc1. The van der Waals surface area contributed by atoms with Crippen molar-refractivity contribution in [3.8, 4) is 0 Å². The molecule has 0 saturated heterocycles. The molecule has 0 fully saturated rings. The van der Waals surface area contributed by atoms with Crippen LogP contribution in [-0.2, 0) is 32.0 Å². The van der Waals surface area contributed by atoms with E-state index < -0.39 is 54.0 Å². The molecule has 1 aliphatic rings. The molecule has 5 atom stereocenters. The van der Waals surface area contributed by atoms with Gasteiger partial charge in [0.2, 0.25) is 11.8 Å². The van der Waals surface area contributed by atoms with Crippen molar-refractivity contribution < 1.29 is 29.1 Å². The number of hydrogen-bond acceptors (Lipinski definition) is 8. The maximum absolute atomic E-state index is 13.7. The van der Waals surface area contributed by atoms with Crippen LogP contribution in [0.5, 0.6) is 0 Å². The molecule has 44 heavy (non-hydrogen) atoms. The average Bonchev–Trinajstić information content (AvgIpc) is 2.99. The normalized spacial score (nSPS) is 17.1. The highest BCUT2D eigenvalue weighted by atomic mass is 16.4. The Labute approximate surface area is 256 Å². The monoisotopic (exact) mass is 607 g/mol. The van der Waals surface area contributed by atoms with Gasteiger partial charge in [0, 0.05) is 13.0 Å². The first-order valence-corrected chi connectivity index (χ1v) is 14.6. The van der Waals surface area contributed by atoms with Crippen LogP contribution in [0.2, 0.25) is 0 Å². The van der Waals surface area contributed by atoms with Crippen molar-refractivity contribution in [2.45, 2.75) is 69.7 Å². The van der Waals surface area contributed by atoms with Crippen LogP contribution in [-0.4, -0.2) is 77.9 Å². The van der Waals surface area contributed by atoms with Crippen LogP contribution in [0.25, 0.3) is 0 Å². The van der Waals surface area contributed by atoms with E-state index in [0.29, 0.717) is 24.8 Å². The summed E-state index contributed by atoms with van der Waals surface area (Å²) in [7, 11) is 0. The molecule has 236 valence electrons. The van der Waals surface area contributed by atoms with Crippen LogP contribution in [0.15, 0.2) is 65.7 Å². The molecule has 0 aromatic heterocycles. The molecule has 0 saturated carbocycles. The van der Waals surface area contributed by atoms with Crippen LogP contribution in [0, 0.1) is 5.92 Å². The van der Waals surface area contributed by atoms with Gasteiger partial charge in [-0.15, -0.1) is 0 Å². The maximum Gasteiger partial charge on any atom is 0.326 e. The Morgan fingerprint density at radius 2 is 1.52 bits per heavy atom. The summed E-state index contributed by atoms with van der Waals surface area (Å²) in [6.45, 7) is 4.06. The summed E-state index contributed by atoms with van der Waals surface area (Å²) in [5.74, 6) is -2.40. The number of aliphatic imine (C=N–C) groups is 1. The van der Waals surface area contributed by atoms with E-state index in [2.05, 4.69) is 31.6 Å². The molecule has 8 N–H and O–H groups in total. The minimum atomic E-state index is -1.27. The molecule has 13 heteroatoms. The van der Waals surface area contributed by atoms with E-state index in [-0.39, 0.29) is 31.1 Å². The highest BCUT2D eigenvalue weighted by Crippen LogP contribution is 2.11. The van der Waals surface area contributed by atoms with Gasteiger partial charge in [0.05, 0.1) is 12.1 Å². The maximum atomic E-state index is 13.7. The van der Waals surface area contributed by atoms with Gasteiger partial charge in [-0.1, -0.05) is 74.5 Å². The quantitative estimate of drug-likeness (QED) is 0.142. The van der Waals surface area contributed by atoms with Crippen LogP contribution >= 0.6 is 0 Å². The van der Waals surface area contributed by atoms with E-state index in [0.717, 1.165) is 5.56 Å². The van der Waals surface area contributed by atoms with E-state index in [1.807, 2.05) is 44.2 Å². The van der Waals surface area contributed by atoms with Gasteiger partial charge in [0.25, 0.3) is 0 Å². The van der Waals surface area contributed by atoms with Crippen molar-refractivity contribution in [1.29, 1.82) is 0 Å². The van der Waals surface area contributed by atoms with Gasteiger partial charge in [-0.05, 0) is 36.3 Å². The van der Waals surface area contributed by atoms with Crippen molar-refractivity contribution in [2.24, 2.45) is 16.6 Å². The summed E-state index contributed by atoms with van der Waals surface area (Å²) >= 11 is 0. The Balaban J connectivity index is 1.75. The number of aliphatic carboxylic acids is 1. The Bertz CT molecular complexity index is 1310. The smallest absolute Gasteiger partial charge is 0.326 e. The van der Waals surface area contributed by atoms with Gasteiger partial charge in [0.1, 0.15) is 24.4 Å². The van der Waals surface area contributed by atoms with Gasteiger partial charge in [-0.3, -0.25) is 14.6 Å². The van der Waals surface area contributed by atoms with E-state index in [9.17, 15) is 29.1 Å². The number of nitrogens with two attached hydrogens (primary N) is 1. The molecule has 1 heterocycles. The van der Waals surface area contributed by atoms with Gasteiger partial charge in [0.15, 0.2) is 5.96 Å². The number of carboxylic acid groups (broad SMARTS) is 1. The second-order valence-electron chi connectivity index (χ2n) is 11.1. The molecule has 0 spiro atoms. The predicted octanol–water partition coefficient (Wildman–Crippen LogP) is 0.484. The number of benzene rings is 2. The lowest BCUT2D eigenvalue weighted by Gasteiger charge is -2.32. The van der Waals surface area contributed by atoms with Crippen molar-refractivity contribution in [1.82, 2.24) is 26.6 Å². The molecule has 0 bridgehead atoms. The Morgan fingerprint density at radius 1 is 0.909 bits per heavy atom. The fraction of sp³-hybridized carbons (Fsp3) is 0.419. The Kier molecular flexibility index (Phi) is 12.7. The molecule has 13 nitrogen and oxygen atoms in total. The number of carbonyl (C=O) groups excluding carboxylic acids is 4. The highest BCUT2D eigenvalue weighted by molar-refractivity contribution is 5.94. The third kappa shape index (κ3) is 10.7. The van der Waals surface area contributed by atoms with E-state index in [4.69, 9.17) is 5.73 Å². The van der Waals surface area contributed by atoms with Crippen LogP contribution in [0.3, 0.4) is 0 Å². The molecular weight excluding hydrogens is 566 g/mol. The zero-order chi connectivity index (χ0) is 32.1. The first-order valence-electron chi connectivity index (χ1n) is 14.6. The number of hydrogen-bond donors (Lipinski definition) is 7. The van der Waals surface area contributed by atoms with Crippen LogP contribution < -0.4 is 32.3 Å².